The van der Waals surface area contributed by atoms with Crippen molar-refractivity contribution in [3.8, 4) is 11.1 Å². The Morgan fingerprint density at radius 3 is 2.61 bits per heavy atom. The lowest BCUT2D eigenvalue weighted by Gasteiger charge is -2.17. The van der Waals surface area contributed by atoms with Gasteiger partial charge in [0.15, 0.2) is 6.29 Å². The first-order valence-electron chi connectivity index (χ1n) is 5.86. The zero-order valence-electron chi connectivity index (χ0n) is 11.1. The van der Waals surface area contributed by atoms with Gasteiger partial charge in [0.2, 0.25) is 0 Å². The van der Waals surface area contributed by atoms with Crippen LogP contribution in [0.5, 0.6) is 0 Å². The maximum Gasteiger partial charge on any atom is 0.151 e. The Labute approximate surface area is 107 Å². The Morgan fingerprint density at radius 1 is 1.28 bits per heavy atom. The third-order valence-electron chi connectivity index (χ3n) is 2.75. The molecule has 18 heavy (non-hydrogen) atoms. The highest BCUT2D eigenvalue weighted by Gasteiger charge is 2.22. The average Bonchev–Trinajstić information content (AvgIpc) is 2.71. The van der Waals surface area contributed by atoms with Crippen LogP contribution in [0.1, 0.15) is 36.8 Å². The fourth-order valence-electron chi connectivity index (χ4n) is 1.92. The Kier molecular flexibility index (Phi) is 3.03. The van der Waals surface area contributed by atoms with Gasteiger partial charge in [-0.05, 0) is 6.07 Å². The van der Waals surface area contributed by atoms with E-state index in [0.29, 0.717) is 5.56 Å². The second kappa shape index (κ2) is 4.37. The van der Waals surface area contributed by atoms with Crippen LogP contribution < -0.4 is 0 Å². The van der Waals surface area contributed by atoms with E-state index in [-0.39, 0.29) is 5.41 Å². The molecule has 2 aromatic rings. The molecule has 2 aromatic heterocycles. The predicted molar refractivity (Wildman–Crippen MR) is 70.5 cm³/mol. The van der Waals surface area contributed by atoms with E-state index in [1.54, 1.807) is 17.1 Å². The smallest absolute Gasteiger partial charge is 0.151 e. The number of aromatic nitrogens is 3. The first-order chi connectivity index (χ1) is 8.41. The van der Waals surface area contributed by atoms with Crippen LogP contribution in [-0.4, -0.2) is 21.1 Å². The van der Waals surface area contributed by atoms with Crippen molar-refractivity contribution < 1.29 is 4.79 Å². The third-order valence-corrected chi connectivity index (χ3v) is 2.75. The third kappa shape index (κ3) is 2.32. The molecule has 4 nitrogen and oxygen atoms in total. The van der Waals surface area contributed by atoms with Gasteiger partial charge in [-0.2, -0.15) is 5.10 Å². The largest absolute Gasteiger partial charge is 0.298 e. The van der Waals surface area contributed by atoms with Crippen LogP contribution in [0.15, 0.2) is 24.7 Å². The molecule has 94 valence electrons. The topological polar surface area (TPSA) is 47.8 Å². The first kappa shape index (κ1) is 12.5. The second-order valence-corrected chi connectivity index (χ2v) is 5.44. The van der Waals surface area contributed by atoms with E-state index in [0.717, 1.165) is 23.1 Å². The molecule has 0 spiro atoms. The summed E-state index contributed by atoms with van der Waals surface area (Å²) in [4.78, 5) is 14.9. The summed E-state index contributed by atoms with van der Waals surface area (Å²) in [6.07, 6.45) is 6.10. The highest BCUT2D eigenvalue weighted by molar-refractivity contribution is 5.78. The molecule has 0 atom stereocenters. The van der Waals surface area contributed by atoms with Gasteiger partial charge in [-0.25, -0.2) is 0 Å². The summed E-state index contributed by atoms with van der Waals surface area (Å²) in [6, 6.07) is 1.84. The van der Waals surface area contributed by atoms with Crippen LogP contribution in [-0.2, 0) is 12.5 Å². The number of aldehydes is 1. The molecule has 0 saturated heterocycles. The summed E-state index contributed by atoms with van der Waals surface area (Å²) in [5.41, 5.74) is 3.50. The van der Waals surface area contributed by atoms with Gasteiger partial charge in [-0.3, -0.25) is 14.5 Å². The van der Waals surface area contributed by atoms with E-state index in [1.165, 1.54) is 0 Å². The quantitative estimate of drug-likeness (QED) is 0.762. The number of pyridine rings is 1. The molecule has 0 radical (unpaired) electrons. The van der Waals surface area contributed by atoms with E-state index in [1.807, 2.05) is 19.3 Å². The molecule has 0 bridgehead atoms. The molecule has 0 amide bonds. The van der Waals surface area contributed by atoms with Crippen LogP contribution >= 0.6 is 0 Å². The summed E-state index contributed by atoms with van der Waals surface area (Å²) < 4.78 is 1.80. The highest BCUT2D eigenvalue weighted by Crippen LogP contribution is 2.31. The van der Waals surface area contributed by atoms with Crippen molar-refractivity contribution >= 4 is 6.29 Å². The normalized spacial score (nSPS) is 11.6. The van der Waals surface area contributed by atoms with Gasteiger partial charge in [0.1, 0.15) is 0 Å². The molecule has 0 aliphatic carbocycles. The maximum absolute atomic E-state index is 10.8. The molecule has 0 aromatic carbocycles. The van der Waals surface area contributed by atoms with Gasteiger partial charge < -0.3 is 0 Å². The van der Waals surface area contributed by atoms with E-state index >= 15 is 0 Å². The highest BCUT2D eigenvalue weighted by atomic mass is 16.1. The monoisotopic (exact) mass is 243 g/mol. The number of carbonyl (C=O) groups excluding carboxylic acids is 1. The lowest BCUT2D eigenvalue weighted by atomic mass is 9.88. The lowest BCUT2D eigenvalue weighted by Crippen LogP contribution is -2.13. The molecule has 2 rings (SSSR count). The van der Waals surface area contributed by atoms with Crippen LogP contribution in [0.2, 0.25) is 0 Å². The zero-order chi connectivity index (χ0) is 13.3. The Morgan fingerprint density at radius 2 is 2.00 bits per heavy atom. The van der Waals surface area contributed by atoms with Gasteiger partial charge in [0.05, 0.1) is 5.69 Å². The van der Waals surface area contributed by atoms with Crippen LogP contribution in [0, 0.1) is 0 Å². The van der Waals surface area contributed by atoms with Crippen LogP contribution in [0.25, 0.3) is 11.1 Å². The number of hydrogen-bond donors (Lipinski definition) is 0. The van der Waals surface area contributed by atoms with Crippen molar-refractivity contribution in [2.75, 3.05) is 0 Å². The minimum absolute atomic E-state index is 0.0478. The molecule has 0 unspecified atom stereocenters. The first-order valence-corrected chi connectivity index (χ1v) is 5.86. The zero-order valence-corrected chi connectivity index (χ0v) is 11.1. The molecule has 4 heteroatoms. The summed E-state index contributed by atoms with van der Waals surface area (Å²) >= 11 is 0. The van der Waals surface area contributed by atoms with Gasteiger partial charge in [-0.1, -0.05) is 20.8 Å². The fourth-order valence-corrected chi connectivity index (χ4v) is 1.92. The standard InChI is InChI=1S/C14H17N3O/c1-14(2,3)13-12(8-17(4)16-13)11-5-10(9-18)6-15-7-11/h5-9H,1-4H3. The van der Waals surface area contributed by atoms with Crippen LogP contribution in [0.3, 0.4) is 0 Å². The van der Waals surface area contributed by atoms with Gasteiger partial charge in [0, 0.05) is 47.7 Å². The molecule has 0 aliphatic heterocycles. The van der Waals surface area contributed by atoms with Crippen molar-refractivity contribution in [1.82, 2.24) is 14.8 Å². The predicted octanol–water partition coefficient (Wildman–Crippen LogP) is 2.59. The molecule has 2 heterocycles. The minimum Gasteiger partial charge on any atom is -0.298 e. The summed E-state index contributed by atoms with van der Waals surface area (Å²) in [5, 5.41) is 4.51. The number of rotatable bonds is 2. The van der Waals surface area contributed by atoms with Gasteiger partial charge >= 0.3 is 0 Å². The van der Waals surface area contributed by atoms with Crippen molar-refractivity contribution in [3.05, 3.63) is 35.9 Å². The second-order valence-electron chi connectivity index (χ2n) is 5.44. The van der Waals surface area contributed by atoms with Crippen molar-refractivity contribution in [1.29, 1.82) is 0 Å². The number of nitrogens with zero attached hydrogens (tertiary/aromatic N) is 3. The average molecular weight is 243 g/mol. The summed E-state index contributed by atoms with van der Waals surface area (Å²) in [6.45, 7) is 6.36. The summed E-state index contributed by atoms with van der Waals surface area (Å²) in [5.74, 6) is 0. The van der Waals surface area contributed by atoms with E-state index < -0.39 is 0 Å². The number of carbonyl (C=O) groups is 1. The van der Waals surface area contributed by atoms with E-state index in [9.17, 15) is 4.79 Å². The molecular weight excluding hydrogens is 226 g/mol. The molecule has 0 N–H and O–H groups in total. The lowest BCUT2D eigenvalue weighted by molar-refractivity contribution is 0.112. The Bertz CT molecular complexity index is 579. The van der Waals surface area contributed by atoms with Crippen molar-refractivity contribution in [3.63, 3.8) is 0 Å². The van der Waals surface area contributed by atoms with Crippen molar-refractivity contribution in [2.45, 2.75) is 26.2 Å². The molecular formula is C14H17N3O. The fraction of sp³-hybridized carbons (Fsp3) is 0.357. The van der Waals surface area contributed by atoms with Crippen molar-refractivity contribution in [2.24, 2.45) is 7.05 Å². The molecule has 0 saturated carbocycles. The van der Waals surface area contributed by atoms with Gasteiger partial charge in [-0.15, -0.1) is 0 Å². The SMILES string of the molecule is Cn1cc(-c2cncc(C=O)c2)c(C(C)(C)C)n1. The van der Waals surface area contributed by atoms with Crippen LogP contribution in [0.4, 0.5) is 0 Å². The summed E-state index contributed by atoms with van der Waals surface area (Å²) in [7, 11) is 1.90. The number of aryl methyl sites for hydroxylation is 1. The van der Waals surface area contributed by atoms with E-state index in [2.05, 4.69) is 30.9 Å². The molecule has 0 aliphatic rings. The maximum atomic E-state index is 10.8. The Hall–Kier alpha value is -1.97. The van der Waals surface area contributed by atoms with E-state index in [4.69, 9.17) is 0 Å². The minimum atomic E-state index is -0.0478. The number of hydrogen-bond acceptors (Lipinski definition) is 3. The molecule has 0 fully saturated rings. The van der Waals surface area contributed by atoms with Gasteiger partial charge in [0.25, 0.3) is 0 Å². The Balaban J connectivity index is 2.59.